The minimum Gasteiger partial charge on any atom is -0.507 e. The second-order valence-corrected chi connectivity index (χ2v) is 5.96. The number of benzene rings is 1. The Morgan fingerprint density at radius 2 is 2.14 bits per heavy atom. The molecule has 0 saturated carbocycles. The van der Waals surface area contributed by atoms with Gasteiger partial charge in [0.2, 0.25) is 0 Å². The maximum absolute atomic E-state index is 12.1. The van der Waals surface area contributed by atoms with Gasteiger partial charge in [-0.1, -0.05) is 6.07 Å². The van der Waals surface area contributed by atoms with Crippen LogP contribution in [0.2, 0.25) is 0 Å². The number of phenols is 1. The van der Waals surface area contributed by atoms with Gasteiger partial charge in [-0.25, -0.2) is 4.98 Å². The predicted octanol–water partition coefficient (Wildman–Crippen LogP) is 3.04. The molecular weight excluding hydrogens is 346 g/mol. The smallest absolute Gasteiger partial charge is 0.255 e. The summed E-state index contributed by atoms with van der Waals surface area (Å²) in [5.74, 6) is -0.341. The molecule has 22 heavy (non-hydrogen) atoms. The van der Waals surface area contributed by atoms with E-state index in [4.69, 9.17) is 0 Å². The van der Waals surface area contributed by atoms with Gasteiger partial charge in [0, 0.05) is 16.9 Å². The van der Waals surface area contributed by atoms with Gasteiger partial charge in [0.05, 0.1) is 17.8 Å². The fraction of sp³-hybridized carbons (Fsp3) is 0.125. The number of phenolic OH excluding ortho intramolecular Hbond substituents is 1. The maximum atomic E-state index is 12.1. The van der Waals surface area contributed by atoms with Crippen molar-refractivity contribution in [3.8, 4) is 5.75 Å². The van der Waals surface area contributed by atoms with Crippen LogP contribution in [0.3, 0.4) is 0 Å². The Hall–Kier alpha value is -2.34. The van der Waals surface area contributed by atoms with Crippen LogP contribution in [-0.4, -0.2) is 20.4 Å². The van der Waals surface area contributed by atoms with Crippen molar-refractivity contribution in [3.05, 3.63) is 64.0 Å². The molecule has 1 aromatic carbocycles. The second-order valence-electron chi connectivity index (χ2n) is 5.05. The van der Waals surface area contributed by atoms with Crippen LogP contribution in [-0.2, 0) is 6.54 Å². The van der Waals surface area contributed by atoms with Crippen molar-refractivity contribution in [2.75, 3.05) is 0 Å². The van der Waals surface area contributed by atoms with E-state index in [-0.39, 0.29) is 17.2 Å². The number of nitrogens with zero attached hydrogens (tertiary/aromatic N) is 2. The Kier molecular flexibility index (Phi) is 3.85. The second kappa shape index (κ2) is 5.81. The lowest BCUT2D eigenvalue weighted by Crippen LogP contribution is -2.23. The first-order valence-corrected chi connectivity index (χ1v) is 7.53. The van der Waals surface area contributed by atoms with E-state index in [1.165, 1.54) is 0 Å². The molecular formula is C16H14BrN3O2. The molecule has 0 spiro atoms. The van der Waals surface area contributed by atoms with Gasteiger partial charge in [0.1, 0.15) is 11.4 Å². The Morgan fingerprint density at radius 1 is 1.32 bits per heavy atom. The van der Waals surface area contributed by atoms with Crippen molar-refractivity contribution in [3.63, 3.8) is 0 Å². The number of aromatic nitrogens is 2. The number of carbonyl (C=O) groups is 1. The van der Waals surface area contributed by atoms with E-state index in [1.54, 1.807) is 18.2 Å². The topological polar surface area (TPSA) is 66.6 Å². The summed E-state index contributed by atoms with van der Waals surface area (Å²) < 4.78 is 2.84. The Morgan fingerprint density at radius 3 is 2.91 bits per heavy atom. The van der Waals surface area contributed by atoms with Gasteiger partial charge in [-0.15, -0.1) is 0 Å². The molecule has 0 saturated heterocycles. The summed E-state index contributed by atoms with van der Waals surface area (Å²) in [6.45, 7) is 2.15. The molecule has 0 aliphatic rings. The highest BCUT2D eigenvalue weighted by atomic mass is 79.9. The number of aromatic hydroxyl groups is 1. The highest BCUT2D eigenvalue weighted by Crippen LogP contribution is 2.18. The molecule has 0 aliphatic heterocycles. The van der Waals surface area contributed by atoms with Crippen LogP contribution >= 0.6 is 15.9 Å². The molecule has 0 radical (unpaired) electrons. The molecule has 112 valence electrons. The van der Waals surface area contributed by atoms with Gasteiger partial charge >= 0.3 is 0 Å². The summed E-state index contributed by atoms with van der Waals surface area (Å²) in [5, 5.41) is 12.6. The van der Waals surface area contributed by atoms with Crippen molar-refractivity contribution in [2.24, 2.45) is 0 Å². The van der Waals surface area contributed by atoms with Crippen LogP contribution < -0.4 is 5.32 Å². The molecule has 2 aromatic heterocycles. The molecule has 5 nitrogen and oxygen atoms in total. The summed E-state index contributed by atoms with van der Waals surface area (Å²) >= 11 is 3.40. The quantitative estimate of drug-likeness (QED) is 0.755. The van der Waals surface area contributed by atoms with Crippen LogP contribution in [0.4, 0.5) is 0 Å². The van der Waals surface area contributed by atoms with Gasteiger partial charge in [0.15, 0.2) is 0 Å². The zero-order valence-corrected chi connectivity index (χ0v) is 13.5. The first kappa shape index (κ1) is 14.6. The van der Waals surface area contributed by atoms with Crippen molar-refractivity contribution in [1.82, 2.24) is 14.7 Å². The van der Waals surface area contributed by atoms with Crippen LogP contribution in [0.15, 0.2) is 47.2 Å². The standard InChI is InChI=1S/C16H14BrN3O2/c1-10-2-4-13(14(21)6-10)16(22)18-7-12-9-20-8-11(17)3-5-15(20)19-12/h2-6,8-9,21H,7H2,1H3,(H,18,22). The fourth-order valence-electron chi connectivity index (χ4n) is 2.20. The van der Waals surface area contributed by atoms with Crippen LogP contribution in [0.25, 0.3) is 5.65 Å². The molecule has 1 amide bonds. The average Bonchev–Trinajstić information content (AvgIpc) is 2.86. The molecule has 3 rings (SSSR count). The number of aryl methyl sites for hydroxylation is 1. The van der Waals surface area contributed by atoms with Crippen molar-refractivity contribution < 1.29 is 9.90 Å². The minimum absolute atomic E-state index is 0.0172. The lowest BCUT2D eigenvalue weighted by Gasteiger charge is -2.06. The summed E-state index contributed by atoms with van der Waals surface area (Å²) in [4.78, 5) is 16.5. The number of amides is 1. The number of hydrogen-bond acceptors (Lipinski definition) is 3. The zero-order chi connectivity index (χ0) is 15.7. The third-order valence-electron chi connectivity index (χ3n) is 3.29. The highest BCUT2D eigenvalue weighted by Gasteiger charge is 2.11. The van der Waals surface area contributed by atoms with Crippen molar-refractivity contribution in [2.45, 2.75) is 13.5 Å². The minimum atomic E-state index is -0.323. The SMILES string of the molecule is Cc1ccc(C(=O)NCc2cn3cc(Br)ccc3n2)c(O)c1. The van der Waals surface area contributed by atoms with Crippen LogP contribution in [0.1, 0.15) is 21.6 Å². The Bertz CT molecular complexity index is 858. The lowest BCUT2D eigenvalue weighted by atomic mass is 10.1. The summed E-state index contributed by atoms with van der Waals surface area (Å²) in [5.41, 5.74) is 2.72. The largest absolute Gasteiger partial charge is 0.507 e. The molecule has 0 atom stereocenters. The number of carbonyl (C=O) groups excluding carboxylic acids is 1. The molecule has 0 fully saturated rings. The molecule has 0 unspecified atom stereocenters. The van der Waals surface area contributed by atoms with Gasteiger partial charge in [-0.2, -0.15) is 0 Å². The van der Waals surface area contributed by atoms with Crippen LogP contribution in [0.5, 0.6) is 5.75 Å². The van der Waals surface area contributed by atoms with Gasteiger partial charge in [-0.3, -0.25) is 4.79 Å². The highest BCUT2D eigenvalue weighted by molar-refractivity contribution is 9.10. The zero-order valence-electron chi connectivity index (χ0n) is 11.9. The number of imidazole rings is 1. The van der Waals surface area contributed by atoms with Gasteiger partial charge in [0.25, 0.3) is 5.91 Å². The molecule has 2 N–H and O–H groups in total. The van der Waals surface area contributed by atoms with E-state index >= 15 is 0 Å². The van der Waals surface area contributed by atoms with E-state index < -0.39 is 0 Å². The molecule has 6 heteroatoms. The number of pyridine rings is 1. The molecule has 2 heterocycles. The number of nitrogens with one attached hydrogen (secondary N) is 1. The number of halogens is 1. The van der Waals surface area contributed by atoms with E-state index in [0.717, 1.165) is 21.4 Å². The molecule has 0 aliphatic carbocycles. The summed E-state index contributed by atoms with van der Waals surface area (Å²) in [6.07, 6.45) is 3.76. The third-order valence-corrected chi connectivity index (χ3v) is 3.76. The van der Waals surface area contributed by atoms with Gasteiger partial charge in [-0.05, 0) is 52.7 Å². The number of rotatable bonds is 3. The van der Waals surface area contributed by atoms with E-state index in [2.05, 4.69) is 26.2 Å². The van der Waals surface area contributed by atoms with Crippen molar-refractivity contribution >= 4 is 27.5 Å². The summed E-state index contributed by atoms with van der Waals surface area (Å²) in [7, 11) is 0. The fourth-order valence-corrected chi connectivity index (χ4v) is 2.55. The number of hydrogen-bond donors (Lipinski definition) is 2. The third kappa shape index (κ3) is 2.96. The Balaban J connectivity index is 1.74. The Labute approximate surface area is 135 Å². The molecule has 3 aromatic rings. The normalized spacial score (nSPS) is 10.8. The predicted molar refractivity (Wildman–Crippen MR) is 86.9 cm³/mol. The van der Waals surface area contributed by atoms with E-state index in [1.807, 2.05) is 35.9 Å². The monoisotopic (exact) mass is 359 g/mol. The molecule has 0 bridgehead atoms. The maximum Gasteiger partial charge on any atom is 0.255 e. The van der Waals surface area contributed by atoms with E-state index in [9.17, 15) is 9.90 Å². The lowest BCUT2D eigenvalue weighted by molar-refractivity contribution is 0.0948. The average molecular weight is 360 g/mol. The van der Waals surface area contributed by atoms with Crippen molar-refractivity contribution in [1.29, 1.82) is 0 Å². The van der Waals surface area contributed by atoms with E-state index in [0.29, 0.717) is 6.54 Å². The first-order valence-electron chi connectivity index (χ1n) is 6.74. The summed E-state index contributed by atoms with van der Waals surface area (Å²) in [6, 6.07) is 8.77. The number of fused-ring (bicyclic) bond motifs is 1. The van der Waals surface area contributed by atoms with Gasteiger partial charge < -0.3 is 14.8 Å². The van der Waals surface area contributed by atoms with Crippen LogP contribution in [0, 0.1) is 6.92 Å². The first-order chi connectivity index (χ1) is 10.5.